The molecule has 1 amide bonds. The van der Waals surface area contributed by atoms with Crippen molar-refractivity contribution >= 4 is 45.0 Å². The molecule has 164 valence electrons. The van der Waals surface area contributed by atoms with E-state index in [-0.39, 0.29) is 23.5 Å². The second kappa shape index (κ2) is 8.62. The normalized spacial score (nSPS) is 22.7. The summed E-state index contributed by atoms with van der Waals surface area (Å²) in [4.78, 5) is 18.8. The van der Waals surface area contributed by atoms with Crippen LogP contribution in [0, 0.1) is 5.82 Å². The zero-order chi connectivity index (χ0) is 22.2. The molecule has 0 radical (unpaired) electrons. The Labute approximate surface area is 182 Å². The van der Waals surface area contributed by atoms with E-state index in [1.165, 1.54) is 59.1 Å². The minimum atomic E-state index is -4.61. The van der Waals surface area contributed by atoms with E-state index in [4.69, 9.17) is 0 Å². The van der Waals surface area contributed by atoms with Gasteiger partial charge in [-0.25, -0.2) is 4.39 Å². The van der Waals surface area contributed by atoms with Crippen LogP contribution in [0.5, 0.6) is 0 Å². The summed E-state index contributed by atoms with van der Waals surface area (Å²) >= 11 is 1.38. The number of rotatable bonds is 4. The molecule has 0 spiro atoms. The number of nitrogens with one attached hydrogen (secondary N) is 1. The predicted octanol–water partition coefficient (Wildman–Crippen LogP) is 3.89. The zero-order valence-electron chi connectivity index (χ0n) is 15.9. The third-order valence-electron chi connectivity index (χ3n) is 4.85. The van der Waals surface area contributed by atoms with Gasteiger partial charge in [-0.15, -0.1) is 0 Å². The number of amides is 1. The van der Waals surface area contributed by atoms with E-state index >= 15 is 0 Å². The minimum Gasteiger partial charge on any atom is -0.324 e. The zero-order valence-corrected chi connectivity index (χ0v) is 17.6. The van der Waals surface area contributed by atoms with E-state index in [1.54, 1.807) is 0 Å². The molecule has 11 heteroatoms. The molecule has 5 nitrogen and oxygen atoms in total. The average Bonchev–Trinajstić information content (AvgIpc) is 3.24. The van der Waals surface area contributed by atoms with Crippen molar-refractivity contribution in [3.63, 3.8) is 0 Å². The number of amidine groups is 1. The van der Waals surface area contributed by atoms with Crippen LogP contribution in [-0.4, -0.2) is 44.6 Å². The monoisotopic (exact) mass is 471 g/mol. The quantitative estimate of drug-likeness (QED) is 0.688. The number of fused-ring (bicyclic) bond motifs is 1. The molecule has 2 aromatic rings. The number of aliphatic imine (C=N–C) groups is 1. The van der Waals surface area contributed by atoms with E-state index in [0.29, 0.717) is 22.4 Å². The van der Waals surface area contributed by atoms with Gasteiger partial charge in [-0.1, -0.05) is 23.9 Å². The lowest BCUT2D eigenvalue weighted by atomic mass is 10.1. The Morgan fingerprint density at radius 1 is 1.16 bits per heavy atom. The topological polar surface area (TPSA) is 61.8 Å². The second-order valence-electron chi connectivity index (χ2n) is 7.06. The number of hydrogen-bond acceptors (Lipinski definition) is 5. The largest absolute Gasteiger partial charge is 0.418 e. The SMILES string of the molecule is O=C(CN(C1=NC2CS(=O)CC2S1)c1ccc(F)cc1)Nc1ccccc1C(F)(F)F. The molecule has 2 aromatic carbocycles. The van der Waals surface area contributed by atoms with Crippen molar-refractivity contribution in [3.8, 4) is 0 Å². The first-order chi connectivity index (χ1) is 14.7. The molecule has 0 aliphatic carbocycles. The molecule has 1 N–H and O–H groups in total. The predicted molar refractivity (Wildman–Crippen MR) is 114 cm³/mol. The molecule has 2 heterocycles. The van der Waals surface area contributed by atoms with Gasteiger partial charge >= 0.3 is 6.18 Å². The van der Waals surface area contributed by atoms with Crippen LogP contribution < -0.4 is 10.2 Å². The maximum absolute atomic E-state index is 13.4. The van der Waals surface area contributed by atoms with Gasteiger partial charge < -0.3 is 10.2 Å². The van der Waals surface area contributed by atoms with Crippen molar-refractivity contribution in [1.82, 2.24) is 0 Å². The first-order valence-electron chi connectivity index (χ1n) is 9.29. The van der Waals surface area contributed by atoms with Gasteiger partial charge in [0.15, 0.2) is 5.17 Å². The third-order valence-corrected chi connectivity index (χ3v) is 7.82. The van der Waals surface area contributed by atoms with Crippen molar-refractivity contribution in [3.05, 3.63) is 59.9 Å². The number of halogens is 4. The molecule has 1 saturated heterocycles. The van der Waals surface area contributed by atoms with Crippen molar-refractivity contribution < 1.29 is 26.6 Å². The summed E-state index contributed by atoms with van der Waals surface area (Å²) in [5.41, 5.74) is -0.804. The molecule has 1 fully saturated rings. The molecular formula is C20H17F4N3O2S2. The van der Waals surface area contributed by atoms with Crippen molar-refractivity contribution in [2.75, 3.05) is 28.3 Å². The summed E-state index contributed by atoms with van der Waals surface area (Å²) in [6.07, 6.45) is -4.61. The summed E-state index contributed by atoms with van der Waals surface area (Å²) in [5.74, 6) is -0.209. The lowest BCUT2D eigenvalue weighted by molar-refractivity contribution is -0.137. The summed E-state index contributed by atoms with van der Waals surface area (Å²) < 4.78 is 64.8. The van der Waals surface area contributed by atoms with Crippen LogP contribution >= 0.6 is 11.8 Å². The van der Waals surface area contributed by atoms with Crippen LogP contribution in [0.3, 0.4) is 0 Å². The molecule has 0 bridgehead atoms. The number of hydrogen-bond donors (Lipinski definition) is 1. The summed E-state index contributed by atoms with van der Waals surface area (Å²) in [5, 5.41) is 2.84. The van der Waals surface area contributed by atoms with Gasteiger partial charge in [0.05, 0.1) is 17.3 Å². The van der Waals surface area contributed by atoms with Gasteiger partial charge in [-0.2, -0.15) is 13.2 Å². The average molecular weight is 472 g/mol. The van der Waals surface area contributed by atoms with Crippen LogP contribution in [0.1, 0.15) is 5.56 Å². The number of para-hydroxylation sites is 1. The van der Waals surface area contributed by atoms with Gasteiger partial charge in [0.25, 0.3) is 0 Å². The number of alkyl halides is 3. The highest BCUT2D eigenvalue weighted by molar-refractivity contribution is 8.15. The van der Waals surface area contributed by atoms with E-state index in [9.17, 15) is 26.6 Å². The molecule has 0 aromatic heterocycles. The van der Waals surface area contributed by atoms with Gasteiger partial charge in [0.2, 0.25) is 5.91 Å². The Hall–Kier alpha value is -2.40. The summed E-state index contributed by atoms with van der Waals surface area (Å²) in [6.45, 7) is -0.313. The molecule has 2 aliphatic rings. The Kier molecular flexibility index (Phi) is 6.07. The highest BCUT2D eigenvalue weighted by atomic mass is 32.2. The molecular weight excluding hydrogens is 454 g/mol. The molecule has 3 unspecified atom stereocenters. The standard InChI is InChI=1S/C20H17F4N3O2S2/c21-12-5-7-13(8-6-12)27(19-26-16-10-31(29)11-17(16)30-19)9-18(28)25-15-4-2-1-3-14(15)20(22,23)24/h1-8,16-17H,9-11H2,(H,25,28). The third kappa shape index (κ3) is 4.93. The number of nitrogens with zero attached hydrogens (tertiary/aromatic N) is 2. The summed E-state index contributed by atoms with van der Waals surface area (Å²) in [6, 6.07) is 10.00. The lowest BCUT2D eigenvalue weighted by Gasteiger charge is -2.24. The molecule has 4 rings (SSSR count). The fraction of sp³-hybridized carbons (Fsp3) is 0.300. The van der Waals surface area contributed by atoms with E-state index < -0.39 is 34.3 Å². The van der Waals surface area contributed by atoms with Gasteiger partial charge in [-0.05, 0) is 36.4 Å². The van der Waals surface area contributed by atoms with Crippen LogP contribution in [0.4, 0.5) is 28.9 Å². The number of anilines is 2. The molecule has 31 heavy (non-hydrogen) atoms. The number of carbonyl (C=O) groups is 1. The van der Waals surface area contributed by atoms with E-state index in [1.807, 2.05) is 0 Å². The van der Waals surface area contributed by atoms with Crippen LogP contribution in [0.15, 0.2) is 53.5 Å². The fourth-order valence-electron chi connectivity index (χ4n) is 3.40. The van der Waals surface area contributed by atoms with Crippen LogP contribution in [-0.2, 0) is 21.8 Å². The molecule has 3 atom stereocenters. The van der Waals surface area contributed by atoms with Gasteiger partial charge in [0.1, 0.15) is 12.4 Å². The Morgan fingerprint density at radius 2 is 1.87 bits per heavy atom. The Bertz CT molecular complexity index is 1040. The van der Waals surface area contributed by atoms with E-state index in [2.05, 4.69) is 10.3 Å². The van der Waals surface area contributed by atoms with E-state index in [0.717, 1.165) is 6.07 Å². The minimum absolute atomic E-state index is 0.0211. The van der Waals surface area contributed by atoms with Crippen LogP contribution in [0.2, 0.25) is 0 Å². The Balaban J connectivity index is 1.57. The smallest absolute Gasteiger partial charge is 0.324 e. The highest BCUT2D eigenvalue weighted by Crippen LogP contribution is 2.36. The first kappa shape index (κ1) is 21.8. The fourth-order valence-corrected chi connectivity index (χ4v) is 6.74. The second-order valence-corrected chi connectivity index (χ2v) is 9.82. The first-order valence-corrected chi connectivity index (χ1v) is 11.7. The number of benzene rings is 2. The summed E-state index contributed by atoms with van der Waals surface area (Å²) in [7, 11) is -0.938. The highest BCUT2D eigenvalue weighted by Gasteiger charge is 2.40. The molecule has 2 aliphatic heterocycles. The lowest BCUT2D eigenvalue weighted by Crippen LogP contribution is -2.37. The van der Waals surface area contributed by atoms with Gasteiger partial charge in [-0.3, -0.25) is 14.0 Å². The van der Waals surface area contributed by atoms with Crippen molar-refractivity contribution in [1.29, 1.82) is 0 Å². The maximum Gasteiger partial charge on any atom is 0.418 e. The van der Waals surface area contributed by atoms with Crippen molar-refractivity contribution in [2.45, 2.75) is 17.5 Å². The number of carbonyl (C=O) groups excluding carboxylic acids is 1. The maximum atomic E-state index is 13.4. The van der Waals surface area contributed by atoms with Crippen LogP contribution in [0.25, 0.3) is 0 Å². The van der Waals surface area contributed by atoms with Crippen molar-refractivity contribution in [2.24, 2.45) is 4.99 Å². The molecule has 0 saturated carbocycles. The number of thioether (sulfide) groups is 1. The Morgan fingerprint density at radius 3 is 2.55 bits per heavy atom. The van der Waals surface area contributed by atoms with Gasteiger partial charge in [0, 0.05) is 33.2 Å².